The first-order valence-electron chi connectivity index (χ1n) is 10.9. The zero-order valence-corrected chi connectivity index (χ0v) is 18.0. The number of ether oxygens (including phenoxy) is 1. The largest absolute Gasteiger partial charge is 0.463 e. The fraction of sp³-hybridized carbons (Fsp3) is 0.435. The minimum absolute atomic E-state index is 0.0228. The summed E-state index contributed by atoms with van der Waals surface area (Å²) >= 11 is 0. The number of amides is 1. The number of nitrogens with one attached hydrogen (secondary N) is 2. The van der Waals surface area contributed by atoms with Crippen molar-refractivity contribution in [1.82, 2.24) is 10.3 Å². The molecule has 8 heteroatoms. The van der Waals surface area contributed by atoms with Crippen LogP contribution in [0.25, 0.3) is 0 Å². The van der Waals surface area contributed by atoms with Crippen LogP contribution in [0.4, 0.5) is 22.9 Å². The average Bonchev–Trinajstić information content (AvgIpc) is 3.29. The molecule has 0 unspecified atom stereocenters. The Balaban J connectivity index is 1.30. The number of carbonyl (C=O) groups is 1. The molecule has 0 radical (unpaired) electrons. The standard InChI is InChI=1S/C23H28N6O2/c1-28-18-6-4-3-5-17(18)22(30)29(2)20-14-25-21(13-19(20)28)26-15-7-9-16(10-8-15)27-23-24-11-12-31-23/h3-6,13-16H,7-12H2,1-2H3,(H,24,27)(H,25,26)/t15-,16-. The first kappa shape index (κ1) is 19.7. The Morgan fingerprint density at radius 3 is 2.45 bits per heavy atom. The van der Waals surface area contributed by atoms with Crippen LogP contribution >= 0.6 is 0 Å². The number of carbonyl (C=O) groups excluding carboxylic acids is 1. The molecule has 1 aliphatic carbocycles. The van der Waals surface area contributed by atoms with E-state index in [4.69, 9.17) is 4.74 Å². The third-order valence-corrected chi connectivity index (χ3v) is 6.38. The van der Waals surface area contributed by atoms with Crippen molar-refractivity contribution in [2.45, 2.75) is 37.8 Å². The van der Waals surface area contributed by atoms with Crippen LogP contribution in [0.1, 0.15) is 36.0 Å². The molecule has 3 aliphatic rings. The third-order valence-electron chi connectivity index (χ3n) is 6.38. The number of fused-ring (bicyclic) bond motifs is 2. The van der Waals surface area contributed by atoms with Gasteiger partial charge in [-0.05, 0) is 37.8 Å². The number of hydrogen-bond acceptors (Lipinski definition) is 7. The number of hydrogen-bond donors (Lipinski definition) is 2. The summed E-state index contributed by atoms with van der Waals surface area (Å²) in [6.07, 6.45) is 6.03. The molecule has 2 aromatic rings. The van der Waals surface area contributed by atoms with Gasteiger partial charge in [0.05, 0.1) is 35.4 Å². The van der Waals surface area contributed by atoms with Crippen LogP contribution < -0.4 is 20.4 Å². The van der Waals surface area contributed by atoms with E-state index in [9.17, 15) is 4.79 Å². The van der Waals surface area contributed by atoms with E-state index in [-0.39, 0.29) is 5.91 Å². The number of amidine groups is 1. The first-order chi connectivity index (χ1) is 15.1. The van der Waals surface area contributed by atoms with Crippen LogP contribution in [0.15, 0.2) is 41.5 Å². The lowest BCUT2D eigenvalue weighted by molar-refractivity contribution is 0.0994. The number of aliphatic imine (C=N–C) groups is 1. The smallest absolute Gasteiger partial charge is 0.285 e. The van der Waals surface area contributed by atoms with E-state index < -0.39 is 0 Å². The Labute approximate surface area is 182 Å². The van der Waals surface area contributed by atoms with Gasteiger partial charge in [0.1, 0.15) is 12.4 Å². The summed E-state index contributed by atoms with van der Waals surface area (Å²) in [7, 11) is 3.80. The summed E-state index contributed by atoms with van der Waals surface area (Å²) in [5.74, 6) is 0.816. The predicted octanol–water partition coefficient (Wildman–Crippen LogP) is 3.14. The Morgan fingerprint density at radius 2 is 1.71 bits per heavy atom. The van der Waals surface area contributed by atoms with E-state index in [1.165, 1.54) is 0 Å². The SMILES string of the molecule is CN1C(=O)c2ccccc2N(C)c2cc(N[C@H]3CC[C@H](NC4=NCCO4)CC3)ncc21. The van der Waals surface area contributed by atoms with Crippen LogP contribution in [0.5, 0.6) is 0 Å². The normalized spacial score (nSPS) is 22.8. The van der Waals surface area contributed by atoms with Gasteiger partial charge in [0.25, 0.3) is 11.9 Å². The van der Waals surface area contributed by atoms with Crippen LogP contribution in [0, 0.1) is 0 Å². The summed E-state index contributed by atoms with van der Waals surface area (Å²) < 4.78 is 5.47. The van der Waals surface area contributed by atoms with E-state index in [1.54, 1.807) is 18.1 Å². The Morgan fingerprint density at radius 1 is 0.968 bits per heavy atom. The van der Waals surface area contributed by atoms with Crippen LogP contribution in [0.3, 0.4) is 0 Å². The maximum atomic E-state index is 12.9. The minimum Gasteiger partial charge on any atom is -0.463 e. The van der Waals surface area contributed by atoms with Crippen molar-refractivity contribution < 1.29 is 9.53 Å². The second-order valence-electron chi connectivity index (χ2n) is 8.37. The summed E-state index contributed by atoms with van der Waals surface area (Å²) in [5.41, 5.74) is 3.36. The fourth-order valence-corrected chi connectivity index (χ4v) is 4.60. The predicted molar refractivity (Wildman–Crippen MR) is 123 cm³/mol. The van der Waals surface area contributed by atoms with Crippen molar-refractivity contribution in [3.8, 4) is 0 Å². The van der Waals surface area contributed by atoms with Gasteiger partial charge in [0.15, 0.2) is 0 Å². The van der Waals surface area contributed by atoms with E-state index in [0.29, 0.717) is 30.3 Å². The summed E-state index contributed by atoms with van der Waals surface area (Å²) in [4.78, 5) is 25.6. The highest BCUT2D eigenvalue weighted by Gasteiger charge is 2.28. The quantitative estimate of drug-likeness (QED) is 0.794. The van der Waals surface area contributed by atoms with Crippen molar-refractivity contribution in [3.63, 3.8) is 0 Å². The van der Waals surface area contributed by atoms with E-state index in [2.05, 4.69) is 25.5 Å². The molecule has 5 rings (SSSR count). The highest BCUT2D eigenvalue weighted by molar-refractivity contribution is 6.13. The van der Waals surface area contributed by atoms with E-state index in [1.807, 2.05) is 37.4 Å². The van der Waals surface area contributed by atoms with E-state index >= 15 is 0 Å². The number of anilines is 4. The third kappa shape index (κ3) is 3.78. The fourth-order valence-electron chi connectivity index (χ4n) is 4.60. The zero-order valence-electron chi connectivity index (χ0n) is 18.0. The number of rotatable bonds is 3. The maximum absolute atomic E-state index is 12.9. The molecule has 1 amide bonds. The van der Waals surface area contributed by atoms with Crippen molar-refractivity contribution in [3.05, 3.63) is 42.1 Å². The van der Waals surface area contributed by atoms with Gasteiger partial charge in [-0.1, -0.05) is 12.1 Å². The number of aromatic nitrogens is 1. The molecule has 1 saturated carbocycles. The van der Waals surface area contributed by atoms with Gasteiger partial charge in [-0.3, -0.25) is 4.79 Å². The molecule has 8 nitrogen and oxygen atoms in total. The monoisotopic (exact) mass is 420 g/mol. The van der Waals surface area contributed by atoms with Crippen molar-refractivity contribution >= 4 is 34.8 Å². The Kier molecular flexibility index (Phi) is 5.13. The zero-order chi connectivity index (χ0) is 21.4. The van der Waals surface area contributed by atoms with Crippen LogP contribution in [0.2, 0.25) is 0 Å². The number of benzene rings is 1. The molecule has 0 spiro atoms. The molecule has 0 atom stereocenters. The lowest BCUT2D eigenvalue weighted by atomic mass is 9.91. The topological polar surface area (TPSA) is 82.1 Å². The van der Waals surface area contributed by atoms with Crippen LogP contribution in [-0.4, -0.2) is 56.2 Å². The molecule has 2 N–H and O–H groups in total. The Hall–Kier alpha value is -3.29. The van der Waals surface area contributed by atoms with Crippen LogP contribution in [-0.2, 0) is 4.74 Å². The van der Waals surface area contributed by atoms with Gasteiger partial charge in [-0.15, -0.1) is 0 Å². The average molecular weight is 421 g/mol. The number of nitrogens with zero attached hydrogens (tertiary/aromatic N) is 4. The molecule has 0 saturated heterocycles. The Bertz CT molecular complexity index is 1010. The molecule has 162 valence electrons. The molecule has 2 aliphatic heterocycles. The van der Waals surface area contributed by atoms with Crippen molar-refractivity contribution in [2.75, 3.05) is 42.4 Å². The van der Waals surface area contributed by atoms with E-state index in [0.717, 1.165) is 55.1 Å². The van der Waals surface area contributed by atoms with Crippen molar-refractivity contribution in [2.24, 2.45) is 4.99 Å². The van der Waals surface area contributed by atoms with Gasteiger partial charge in [0, 0.05) is 32.2 Å². The summed E-state index contributed by atoms with van der Waals surface area (Å²) in [6.45, 7) is 1.44. The molecule has 3 heterocycles. The van der Waals surface area contributed by atoms with Gasteiger partial charge in [-0.2, -0.15) is 0 Å². The van der Waals surface area contributed by atoms with Gasteiger partial charge < -0.3 is 25.2 Å². The van der Waals surface area contributed by atoms with Crippen molar-refractivity contribution in [1.29, 1.82) is 0 Å². The summed E-state index contributed by atoms with van der Waals surface area (Å²) in [5, 5.41) is 7.02. The number of para-hydroxylation sites is 1. The highest BCUT2D eigenvalue weighted by Crippen LogP contribution is 2.39. The summed E-state index contributed by atoms with van der Waals surface area (Å²) in [6, 6.07) is 11.3. The van der Waals surface area contributed by atoms with Gasteiger partial charge in [0.2, 0.25) is 0 Å². The molecule has 1 aromatic carbocycles. The molecule has 31 heavy (non-hydrogen) atoms. The lowest BCUT2D eigenvalue weighted by Gasteiger charge is -2.30. The molecular formula is C23H28N6O2. The molecule has 1 aromatic heterocycles. The highest BCUT2D eigenvalue weighted by atomic mass is 16.5. The second-order valence-corrected chi connectivity index (χ2v) is 8.37. The molecule has 0 bridgehead atoms. The maximum Gasteiger partial charge on any atom is 0.285 e. The second kappa shape index (κ2) is 8.09. The molecule has 1 fully saturated rings. The minimum atomic E-state index is -0.0228. The van der Waals surface area contributed by atoms with Gasteiger partial charge in [-0.25, -0.2) is 9.98 Å². The molecular weight excluding hydrogens is 392 g/mol. The van der Waals surface area contributed by atoms with Gasteiger partial charge >= 0.3 is 0 Å². The first-order valence-corrected chi connectivity index (χ1v) is 10.9. The lowest BCUT2D eigenvalue weighted by Crippen LogP contribution is -2.40. The number of pyridine rings is 1.